The van der Waals surface area contributed by atoms with Crippen LogP contribution in [0.15, 0.2) is 24.3 Å². The average Bonchev–Trinajstić information content (AvgIpc) is 2.04. The lowest BCUT2D eigenvalue weighted by Gasteiger charge is -1.95. The van der Waals surface area contributed by atoms with Crippen molar-refractivity contribution in [3.63, 3.8) is 0 Å². The monoisotopic (exact) mass is 228 g/mol. The summed E-state index contributed by atoms with van der Waals surface area (Å²) in [6.45, 7) is 0. The molecular weight excluding hydrogens is 224 g/mol. The van der Waals surface area contributed by atoms with Crippen molar-refractivity contribution < 1.29 is 14.7 Å². The highest BCUT2D eigenvalue weighted by Gasteiger charge is 2.05. The Balaban J connectivity index is 3.12. The summed E-state index contributed by atoms with van der Waals surface area (Å²) in [5, 5.41) is 8.56. The van der Waals surface area contributed by atoms with E-state index in [0.29, 0.717) is 5.56 Å². The lowest BCUT2D eigenvalue weighted by molar-refractivity contribution is 0.0697. The Morgan fingerprint density at radius 1 is 1.25 bits per heavy atom. The Bertz CT molecular complexity index is 304. The number of rotatable bonds is 2. The topological polar surface area (TPSA) is 54.4 Å². The number of carbonyl (C=O) groups excluding carboxylic acids is 1. The molecule has 1 aromatic carbocycles. The molecule has 1 rings (SSSR count). The van der Waals surface area contributed by atoms with Crippen LogP contribution >= 0.6 is 15.9 Å². The van der Waals surface area contributed by atoms with Crippen LogP contribution in [0.4, 0.5) is 0 Å². The third-order valence-electron chi connectivity index (χ3n) is 1.34. The number of halogens is 1. The van der Waals surface area contributed by atoms with Gasteiger partial charge in [-0.25, -0.2) is 4.79 Å². The van der Waals surface area contributed by atoms with Crippen LogP contribution in [0.2, 0.25) is 0 Å². The van der Waals surface area contributed by atoms with Gasteiger partial charge in [0.1, 0.15) is 0 Å². The number of benzene rings is 1. The van der Waals surface area contributed by atoms with Gasteiger partial charge in [-0.1, -0.05) is 12.1 Å². The lowest BCUT2D eigenvalue weighted by atomic mass is 10.1. The van der Waals surface area contributed by atoms with Gasteiger partial charge in [-0.3, -0.25) is 4.79 Å². The second-order valence-electron chi connectivity index (χ2n) is 2.16. The molecule has 62 valence electrons. The van der Waals surface area contributed by atoms with Crippen LogP contribution in [0.25, 0.3) is 0 Å². The molecule has 1 N–H and O–H groups in total. The molecule has 1 aromatic rings. The Kier molecular flexibility index (Phi) is 2.60. The third kappa shape index (κ3) is 1.92. The number of aromatic carboxylic acids is 1. The summed E-state index contributed by atoms with van der Waals surface area (Å²) in [5.74, 6) is -1.04. The summed E-state index contributed by atoms with van der Waals surface area (Å²) in [6, 6.07) is 5.82. The van der Waals surface area contributed by atoms with Crippen LogP contribution < -0.4 is 0 Å². The zero-order valence-electron chi connectivity index (χ0n) is 5.95. The largest absolute Gasteiger partial charge is 0.478 e. The molecule has 0 radical (unpaired) electrons. The summed E-state index contributed by atoms with van der Waals surface area (Å²) in [4.78, 5) is 21.2. The molecule has 0 aliphatic rings. The Morgan fingerprint density at radius 3 is 2.33 bits per heavy atom. The molecule has 0 heterocycles. The van der Waals surface area contributed by atoms with E-state index in [1.165, 1.54) is 18.2 Å². The highest BCUT2D eigenvalue weighted by Crippen LogP contribution is 2.08. The highest BCUT2D eigenvalue weighted by molar-refractivity contribution is 9.18. The summed E-state index contributed by atoms with van der Waals surface area (Å²) < 4.78 is -0.314. The predicted octanol–water partition coefficient (Wildman–Crippen LogP) is 1.92. The molecule has 0 saturated carbocycles. The van der Waals surface area contributed by atoms with Gasteiger partial charge < -0.3 is 5.11 Å². The van der Waals surface area contributed by atoms with E-state index in [1.54, 1.807) is 6.07 Å². The molecule has 0 aliphatic carbocycles. The highest BCUT2D eigenvalue weighted by atomic mass is 79.9. The molecule has 0 unspecified atom stereocenters. The van der Waals surface area contributed by atoms with E-state index >= 15 is 0 Å². The molecule has 0 aromatic heterocycles. The van der Waals surface area contributed by atoms with Gasteiger partial charge in [0.15, 0.2) is 0 Å². The Hall–Kier alpha value is -1.16. The van der Waals surface area contributed by atoms with Crippen molar-refractivity contribution in [2.45, 2.75) is 0 Å². The molecule has 3 nitrogen and oxygen atoms in total. The molecule has 12 heavy (non-hydrogen) atoms. The van der Waals surface area contributed by atoms with Gasteiger partial charge in [0, 0.05) is 5.56 Å². The number of carboxylic acids is 1. The SMILES string of the molecule is O=C(O)c1cccc(C(=O)Br)c1. The second-order valence-corrected chi connectivity index (χ2v) is 2.88. The van der Waals surface area contributed by atoms with Gasteiger partial charge in [0.25, 0.3) is 0 Å². The van der Waals surface area contributed by atoms with Gasteiger partial charge in [-0.2, -0.15) is 0 Å². The second kappa shape index (κ2) is 3.49. The first-order valence-corrected chi connectivity index (χ1v) is 3.94. The minimum absolute atomic E-state index is 0.111. The number of hydrogen-bond acceptors (Lipinski definition) is 2. The first-order chi connectivity index (χ1) is 5.61. The van der Waals surface area contributed by atoms with Crippen molar-refractivity contribution in [2.24, 2.45) is 0 Å². The predicted molar refractivity (Wildman–Crippen MR) is 46.7 cm³/mol. The fraction of sp³-hybridized carbons (Fsp3) is 0. The molecule has 0 bridgehead atoms. The number of carbonyl (C=O) groups is 2. The van der Waals surface area contributed by atoms with Crippen LogP contribution in [0.3, 0.4) is 0 Å². The molecule has 0 atom stereocenters. The zero-order valence-corrected chi connectivity index (χ0v) is 7.54. The van der Waals surface area contributed by atoms with Crippen LogP contribution in [0, 0.1) is 0 Å². The van der Waals surface area contributed by atoms with Crippen molar-refractivity contribution in [2.75, 3.05) is 0 Å². The van der Waals surface area contributed by atoms with E-state index in [2.05, 4.69) is 15.9 Å². The van der Waals surface area contributed by atoms with Gasteiger partial charge in [0.2, 0.25) is 4.69 Å². The van der Waals surface area contributed by atoms with Crippen molar-refractivity contribution >= 4 is 26.6 Å². The average molecular weight is 229 g/mol. The Labute approximate surface area is 77.1 Å². The van der Waals surface area contributed by atoms with Gasteiger partial charge in [0.05, 0.1) is 5.56 Å². The van der Waals surface area contributed by atoms with Gasteiger partial charge in [-0.15, -0.1) is 0 Å². The quantitative estimate of drug-likeness (QED) is 0.788. The smallest absolute Gasteiger partial charge is 0.335 e. The summed E-state index contributed by atoms with van der Waals surface area (Å²) in [7, 11) is 0. The van der Waals surface area contributed by atoms with Crippen molar-refractivity contribution in [3.8, 4) is 0 Å². The third-order valence-corrected chi connectivity index (χ3v) is 1.79. The summed E-state index contributed by atoms with van der Waals surface area (Å²) >= 11 is 2.73. The maximum absolute atomic E-state index is 10.7. The van der Waals surface area contributed by atoms with E-state index in [-0.39, 0.29) is 10.3 Å². The van der Waals surface area contributed by atoms with Crippen molar-refractivity contribution in [3.05, 3.63) is 35.4 Å². The Morgan fingerprint density at radius 2 is 1.83 bits per heavy atom. The van der Waals surface area contributed by atoms with Crippen molar-refractivity contribution in [1.82, 2.24) is 0 Å². The van der Waals surface area contributed by atoms with E-state index in [0.717, 1.165) is 0 Å². The summed E-state index contributed by atoms with van der Waals surface area (Å²) in [5.41, 5.74) is 0.454. The number of hydrogen-bond donors (Lipinski definition) is 1. The van der Waals surface area contributed by atoms with Crippen LogP contribution in [0.1, 0.15) is 20.7 Å². The van der Waals surface area contributed by atoms with E-state index in [1.807, 2.05) is 0 Å². The molecule has 0 fully saturated rings. The van der Waals surface area contributed by atoms with Crippen LogP contribution in [-0.2, 0) is 0 Å². The van der Waals surface area contributed by atoms with Crippen LogP contribution in [0.5, 0.6) is 0 Å². The standard InChI is InChI=1S/C8H5BrO3/c9-7(10)5-2-1-3-6(4-5)8(11)12/h1-4H,(H,11,12). The first-order valence-electron chi connectivity index (χ1n) is 3.14. The fourth-order valence-electron chi connectivity index (χ4n) is 0.774. The maximum Gasteiger partial charge on any atom is 0.335 e. The molecule has 0 saturated heterocycles. The molecule has 0 amide bonds. The summed E-state index contributed by atoms with van der Waals surface area (Å²) in [6.07, 6.45) is 0. The van der Waals surface area contributed by atoms with Crippen molar-refractivity contribution in [1.29, 1.82) is 0 Å². The molecule has 0 aliphatic heterocycles. The molecule has 4 heteroatoms. The van der Waals surface area contributed by atoms with Gasteiger partial charge >= 0.3 is 5.97 Å². The van der Waals surface area contributed by atoms with Gasteiger partial charge in [-0.05, 0) is 28.1 Å². The fourth-order valence-corrected chi connectivity index (χ4v) is 1.02. The normalized spacial score (nSPS) is 9.42. The minimum Gasteiger partial charge on any atom is -0.478 e. The van der Waals surface area contributed by atoms with E-state index in [9.17, 15) is 9.59 Å². The zero-order chi connectivity index (χ0) is 9.14. The molecular formula is C8H5BrO3. The lowest BCUT2D eigenvalue weighted by Crippen LogP contribution is -1.98. The first kappa shape index (κ1) is 8.93. The van der Waals surface area contributed by atoms with E-state index in [4.69, 9.17) is 5.11 Å². The maximum atomic E-state index is 10.7. The molecule has 0 spiro atoms. The van der Waals surface area contributed by atoms with Crippen LogP contribution in [-0.4, -0.2) is 15.8 Å². The minimum atomic E-state index is -1.04. The number of carboxylic acid groups (broad SMARTS) is 1. The van der Waals surface area contributed by atoms with E-state index < -0.39 is 5.97 Å².